The highest BCUT2D eigenvalue weighted by Gasteiger charge is 1.98. The maximum absolute atomic E-state index is 10.2. The lowest BCUT2D eigenvalue weighted by molar-refractivity contribution is 0.555. The topological polar surface area (TPSA) is 29.1 Å². The fourth-order valence-corrected chi connectivity index (χ4v) is 1.17. The van der Waals surface area contributed by atoms with E-state index in [1.165, 1.54) is 5.56 Å². The van der Waals surface area contributed by atoms with Crippen LogP contribution in [0.3, 0.4) is 0 Å². The van der Waals surface area contributed by atoms with Crippen molar-refractivity contribution in [2.45, 2.75) is 13.0 Å². The molecule has 12 heavy (non-hydrogen) atoms. The molecule has 0 spiro atoms. The second kappa shape index (κ2) is 4.67. The van der Waals surface area contributed by atoms with Crippen molar-refractivity contribution in [2.24, 2.45) is 0 Å². The average molecular weight is 162 g/mol. The highest BCUT2D eigenvalue weighted by atomic mass is 16.1. The number of rotatable bonds is 4. The highest BCUT2D eigenvalue weighted by Crippen LogP contribution is 2.07. The Hall–Kier alpha value is -1.15. The Labute approximate surface area is 72.6 Å². The molecule has 1 radical (unpaired) electrons. The second-order valence-corrected chi connectivity index (χ2v) is 2.62. The van der Waals surface area contributed by atoms with Crippen molar-refractivity contribution < 1.29 is 4.79 Å². The zero-order chi connectivity index (χ0) is 8.81. The Morgan fingerprint density at radius 1 is 1.33 bits per heavy atom. The van der Waals surface area contributed by atoms with E-state index in [-0.39, 0.29) is 0 Å². The quantitative estimate of drug-likeness (QED) is 0.717. The number of carbonyl (C=O) groups excluding carboxylic acids is 1. The van der Waals surface area contributed by atoms with Gasteiger partial charge in [0.25, 0.3) is 0 Å². The summed E-state index contributed by atoms with van der Waals surface area (Å²) >= 11 is 0. The minimum atomic E-state index is 0.387. The zero-order valence-corrected chi connectivity index (χ0v) is 7.13. The fourth-order valence-electron chi connectivity index (χ4n) is 1.17. The van der Waals surface area contributed by atoms with Gasteiger partial charge < -0.3 is 5.32 Å². The van der Waals surface area contributed by atoms with Crippen LogP contribution < -0.4 is 5.32 Å². The Kier molecular flexibility index (Phi) is 3.48. The summed E-state index contributed by atoms with van der Waals surface area (Å²) in [6, 6.07) is 7.88. The molecule has 0 amide bonds. The first-order valence-corrected chi connectivity index (χ1v) is 3.95. The number of hydrogen-bond donors (Lipinski definition) is 1. The van der Waals surface area contributed by atoms with Crippen LogP contribution in [0.5, 0.6) is 0 Å². The molecule has 1 N–H and O–H groups in total. The molecule has 0 heterocycles. The molecule has 0 aliphatic carbocycles. The van der Waals surface area contributed by atoms with Crippen LogP contribution >= 0.6 is 0 Å². The molecule has 0 bridgehead atoms. The van der Waals surface area contributed by atoms with E-state index in [0.29, 0.717) is 6.42 Å². The molecule has 0 atom stereocenters. The minimum absolute atomic E-state index is 0.387. The van der Waals surface area contributed by atoms with E-state index in [0.717, 1.165) is 12.1 Å². The molecular formula is C10H12NO. The van der Waals surface area contributed by atoms with Crippen LogP contribution in [0.2, 0.25) is 0 Å². The van der Waals surface area contributed by atoms with Gasteiger partial charge >= 0.3 is 0 Å². The van der Waals surface area contributed by atoms with E-state index < -0.39 is 0 Å². The molecule has 0 saturated carbocycles. The van der Waals surface area contributed by atoms with E-state index in [1.807, 2.05) is 37.6 Å². The molecule has 2 nitrogen and oxygen atoms in total. The Morgan fingerprint density at radius 2 is 2.00 bits per heavy atom. The van der Waals surface area contributed by atoms with Gasteiger partial charge in [-0.15, -0.1) is 0 Å². The summed E-state index contributed by atoms with van der Waals surface area (Å²) in [5.41, 5.74) is 2.23. The summed E-state index contributed by atoms with van der Waals surface area (Å²) in [6.45, 7) is 0.803. The molecule has 1 rings (SSSR count). The van der Waals surface area contributed by atoms with Gasteiger partial charge in [-0.2, -0.15) is 0 Å². The third-order valence-electron chi connectivity index (χ3n) is 1.75. The molecule has 0 aliphatic heterocycles. The van der Waals surface area contributed by atoms with Crippen molar-refractivity contribution in [3.63, 3.8) is 0 Å². The molecule has 0 unspecified atom stereocenters. The van der Waals surface area contributed by atoms with Gasteiger partial charge in [-0.3, -0.25) is 4.79 Å². The van der Waals surface area contributed by atoms with Crippen molar-refractivity contribution in [1.29, 1.82) is 0 Å². The smallest absolute Gasteiger partial charge is 0.203 e. The summed E-state index contributed by atoms with van der Waals surface area (Å²) in [5.74, 6) is 0. The Balaban J connectivity index is 2.83. The zero-order valence-electron chi connectivity index (χ0n) is 7.13. The van der Waals surface area contributed by atoms with E-state index in [1.54, 1.807) is 0 Å². The predicted octanol–water partition coefficient (Wildman–Crippen LogP) is 1.06. The predicted molar refractivity (Wildman–Crippen MR) is 48.6 cm³/mol. The normalized spacial score (nSPS) is 9.75. The van der Waals surface area contributed by atoms with Crippen LogP contribution in [0.1, 0.15) is 11.1 Å². The first-order chi connectivity index (χ1) is 5.88. The molecular weight excluding hydrogens is 150 g/mol. The number of nitrogens with one attached hydrogen (secondary N) is 1. The van der Waals surface area contributed by atoms with Crippen LogP contribution in [0.25, 0.3) is 0 Å². The maximum Gasteiger partial charge on any atom is 0.203 e. The molecule has 0 saturated heterocycles. The van der Waals surface area contributed by atoms with Crippen molar-refractivity contribution in [3.05, 3.63) is 35.4 Å². The Morgan fingerprint density at radius 3 is 2.58 bits per heavy atom. The lowest BCUT2D eigenvalue weighted by Gasteiger charge is -2.04. The molecule has 63 valence electrons. The second-order valence-electron chi connectivity index (χ2n) is 2.62. The van der Waals surface area contributed by atoms with Crippen LogP contribution in [0.15, 0.2) is 24.3 Å². The van der Waals surface area contributed by atoms with Crippen molar-refractivity contribution in [2.75, 3.05) is 7.05 Å². The van der Waals surface area contributed by atoms with E-state index in [4.69, 9.17) is 0 Å². The van der Waals surface area contributed by atoms with Gasteiger partial charge in [0.2, 0.25) is 6.29 Å². The monoisotopic (exact) mass is 162 g/mol. The van der Waals surface area contributed by atoms with Gasteiger partial charge in [0.05, 0.1) is 0 Å². The van der Waals surface area contributed by atoms with Gasteiger partial charge in [0.1, 0.15) is 0 Å². The van der Waals surface area contributed by atoms with Crippen LogP contribution in [-0.4, -0.2) is 13.3 Å². The first kappa shape index (κ1) is 8.94. The summed E-state index contributed by atoms with van der Waals surface area (Å²) in [6.07, 6.45) is 2.29. The molecule has 1 aromatic rings. The van der Waals surface area contributed by atoms with Crippen molar-refractivity contribution in [3.8, 4) is 0 Å². The lowest BCUT2D eigenvalue weighted by atomic mass is 10.1. The molecule has 0 aromatic heterocycles. The van der Waals surface area contributed by atoms with Crippen LogP contribution in [0, 0.1) is 0 Å². The summed E-state index contributed by atoms with van der Waals surface area (Å²) in [4.78, 5) is 10.2. The number of hydrogen-bond acceptors (Lipinski definition) is 2. The SMILES string of the molecule is CNCc1ccccc1C[C]=O. The standard InChI is InChI=1S/C10H12NO/c1-11-8-10-5-3-2-4-9(10)6-7-12/h2-5,11H,6,8H2,1H3. The molecule has 2 heteroatoms. The summed E-state index contributed by atoms with van der Waals surface area (Å²) in [5, 5.41) is 3.05. The van der Waals surface area contributed by atoms with Crippen LogP contribution in [-0.2, 0) is 17.8 Å². The van der Waals surface area contributed by atoms with E-state index >= 15 is 0 Å². The third-order valence-corrected chi connectivity index (χ3v) is 1.75. The fraction of sp³-hybridized carbons (Fsp3) is 0.300. The van der Waals surface area contributed by atoms with Gasteiger partial charge in [0, 0.05) is 13.0 Å². The summed E-state index contributed by atoms with van der Waals surface area (Å²) in [7, 11) is 1.89. The van der Waals surface area contributed by atoms with Gasteiger partial charge in [0.15, 0.2) is 0 Å². The third kappa shape index (κ3) is 2.17. The molecule has 1 aromatic carbocycles. The summed E-state index contributed by atoms with van der Waals surface area (Å²) < 4.78 is 0. The molecule has 0 fully saturated rings. The van der Waals surface area contributed by atoms with Crippen LogP contribution in [0.4, 0.5) is 0 Å². The van der Waals surface area contributed by atoms with Gasteiger partial charge in [-0.25, -0.2) is 0 Å². The van der Waals surface area contributed by atoms with E-state index in [9.17, 15) is 4.79 Å². The largest absolute Gasteiger partial charge is 0.316 e. The highest BCUT2D eigenvalue weighted by molar-refractivity contribution is 5.56. The van der Waals surface area contributed by atoms with Crippen molar-refractivity contribution >= 4 is 6.29 Å². The Bertz CT molecular complexity index is 258. The number of benzene rings is 1. The first-order valence-electron chi connectivity index (χ1n) is 3.95. The maximum atomic E-state index is 10.2. The van der Waals surface area contributed by atoms with E-state index in [2.05, 4.69) is 5.32 Å². The molecule has 0 aliphatic rings. The van der Waals surface area contributed by atoms with Gasteiger partial charge in [-0.05, 0) is 18.2 Å². The van der Waals surface area contributed by atoms with Crippen molar-refractivity contribution in [1.82, 2.24) is 5.32 Å². The lowest BCUT2D eigenvalue weighted by Crippen LogP contribution is -2.07. The average Bonchev–Trinajstić information content (AvgIpc) is 2.09. The minimum Gasteiger partial charge on any atom is -0.316 e. The van der Waals surface area contributed by atoms with Gasteiger partial charge in [-0.1, -0.05) is 24.3 Å².